The number of nitro groups is 1. The van der Waals surface area contributed by atoms with Crippen molar-refractivity contribution in [3.05, 3.63) is 52.6 Å². The van der Waals surface area contributed by atoms with Gasteiger partial charge in [0, 0.05) is 40.5 Å². The Bertz CT molecular complexity index is 867. The van der Waals surface area contributed by atoms with Crippen LogP contribution in [0, 0.1) is 16.0 Å². The van der Waals surface area contributed by atoms with Gasteiger partial charge in [0.05, 0.1) is 4.92 Å². The number of nitrogens with zero attached hydrogens (tertiary/aromatic N) is 2. The van der Waals surface area contributed by atoms with Crippen LogP contribution in [-0.2, 0) is 6.54 Å². The number of hydrogen-bond donors (Lipinski definition) is 0. The van der Waals surface area contributed by atoms with E-state index in [-0.39, 0.29) is 10.6 Å². The maximum atomic E-state index is 11.1. The highest BCUT2D eigenvalue weighted by molar-refractivity contribution is 6.08. The van der Waals surface area contributed by atoms with Gasteiger partial charge >= 0.3 is 0 Å². The first-order chi connectivity index (χ1) is 11.7. The van der Waals surface area contributed by atoms with E-state index in [1.54, 1.807) is 12.1 Å². The summed E-state index contributed by atoms with van der Waals surface area (Å²) in [6, 6.07) is 13.4. The summed E-state index contributed by atoms with van der Waals surface area (Å²) in [7, 11) is 0. The van der Waals surface area contributed by atoms with Crippen molar-refractivity contribution in [1.29, 1.82) is 0 Å². The van der Waals surface area contributed by atoms with Crippen molar-refractivity contribution in [1.82, 2.24) is 4.57 Å². The predicted octanol–water partition coefficient (Wildman–Crippen LogP) is 5.92. The number of hydrogen-bond acceptors (Lipinski definition) is 2. The molecule has 0 radical (unpaired) electrons. The Labute approximate surface area is 142 Å². The predicted molar refractivity (Wildman–Crippen MR) is 99.4 cm³/mol. The molecule has 1 atom stereocenters. The minimum atomic E-state index is -0.318. The highest BCUT2D eigenvalue weighted by Gasteiger charge is 2.16. The van der Waals surface area contributed by atoms with E-state index in [0.29, 0.717) is 5.92 Å². The second-order valence-electron chi connectivity index (χ2n) is 6.50. The molecule has 0 saturated heterocycles. The lowest BCUT2D eigenvalue weighted by molar-refractivity contribution is -0.384. The first-order valence-corrected chi connectivity index (χ1v) is 8.81. The van der Waals surface area contributed by atoms with Gasteiger partial charge in [0.2, 0.25) is 0 Å². The summed E-state index contributed by atoms with van der Waals surface area (Å²) < 4.78 is 2.35. The van der Waals surface area contributed by atoms with Crippen LogP contribution in [0.3, 0.4) is 0 Å². The Balaban J connectivity index is 2.12. The van der Waals surface area contributed by atoms with E-state index in [4.69, 9.17) is 0 Å². The number of aromatic nitrogens is 1. The Morgan fingerprint density at radius 3 is 2.54 bits per heavy atom. The van der Waals surface area contributed by atoms with E-state index in [9.17, 15) is 10.1 Å². The number of fused-ring (bicyclic) bond motifs is 3. The fourth-order valence-electron chi connectivity index (χ4n) is 3.53. The molecule has 4 nitrogen and oxygen atoms in total. The third kappa shape index (κ3) is 3.01. The van der Waals surface area contributed by atoms with Gasteiger partial charge in [-0.2, -0.15) is 0 Å². The van der Waals surface area contributed by atoms with Crippen LogP contribution in [0.25, 0.3) is 21.8 Å². The van der Waals surface area contributed by atoms with Crippen molar-refractivity contribution < 1.29 is 4.92 Å². The Hall–Kier alpha value is -2.36. The summed E-state index contributed by atoms with van der Waals surface area (Å²) in [6.07, 6.45) is 4.85. The summed E-state index contributed by atoms with van der Waals surface area (Å²) in [6.45, 7) is 5.45. The molecule has 0 aliphatic rings. The maximum absolute atomic E-state index is 11.1. The highest BCUT2D eigenvalue weighted by atomic mass is 16.6. The van der Waals surface area contributed by atoms with E-state index < -0.39 is 0 Å². The molecule has 4 heteroatoms. The fraction of sp³-hybridized carbons (Fsp3) is 0.400. The molecule has 0 spiro atoms. The molecule has 0 bridgehead atoms. The summed E-state index contributed by atoms with van der Waals surface area (Å²) in [5.41, 5.74) is 2.42. The lowest BCUT2D eigenvalue weighted by Gasteiger charge is -2.17. The second kappa shape index (κ2) is 7.04. The van der Waals surface area contributed by atoms with Crippen molar-refractivity contribution in [3.63, 3.8) is 0 Å². The average molecular weight is 324 g/mol. The van der Waals surface area contributed by atoms with E-state index in [0.717, 1.165) is 29.3 Å². The minimum absolute atomic E-state index is 0.156. The molecule has 3 rings (SSSR count). The molecule has 2 aromatic carbocycles. The monoisotopic (exact) mass is 324 g/mol. The van der Waals surface area contributed by atoms with Gasteiger partial charge in [-0.1, -0.05) is 51.3 Å². The van der Waals surface area contributed by atoms with Crippen LogP contribution >= 0.6 is 0 Å². The van der Waals surface area contributed by atoms with Crippen molar-refractivity contribution >= 4 is 27.5 Å². The first kappa shape index (κ1) is 16.5. The maximum Gasteiger partial charge on any atom is 0.270 e. The van der Waals surface area contributed by atoms with E-state index in [1.165, 1.54) is 24.8 Å². The lowest BCUT2D eigenvalue weighted by Crippen LogP contribution is -2.10. The molecule has 0 aliphatic carbocycles. The van der Waals surface area contributed by atoms with Crippen molar-refractivity contribution in [2.24, 2.45) is 5.92 Å². The zero-order valence-corrected chi connectivity index (χ0v) is 14.4. The van der Waals surface area contributed by atoms with E-state index in [1.807, 2.05) is 18.2 Å². The zero-order valence-electron chi connectivity index (χ0n) is 14.4. The Morgan fingerprint density at radius 1 is 1.08 bits per heavy atom. The standard InChI is InChI=1S/C20H24N2O2/c1-3-5-8-15(4-2)14-21-19-10-7-6-9-17(19)18-13-16(22(23)24)11-12-20(18)21/h6-7,9-13,15H,3-5,8,14H2,1-2H3. The molecule has 0 N–H and O–H groups in total. The summed E-state index contributed by atoms with van der Waals surface area (Å²) >= 11 is 0. The van der Waals surface area contributed by atoms with Crippen LogP contribution < -0.4 is 0 Å². The van der Waals surface area contributed by atoms with E-state index >= 15 is 0 Å². The summed E-state index contributed by atoms with van der Waals surface area (Å²) in [5.74, 6) is 0.638. The lowest BCUT2D eigenvalue weighted by atomic mass is 9.99. The smallest absolute Gasteiger partial charge is 0.270 e. The van der Waals surface area contributed by atoms with Gasteiger partial charge in [-0.15, -0.1) is 0 Å². The van der Waals surface area contributed by atoms with Crippen LogP contribution in [0.4, 0.5) is 5.69 Å². The molecule has 126 valence electrons. The number of non-ortho nitro benzene ring substituents is 1. The second-order valence-corrected chi connectivity index (χ2v) is 6.50. The molecule has 0 amide bonds. The highest BCUT2D eigenvalue weighted by Crippen LogP contribution is 2.33. The van der Waals surface area contributed by atoms with Gasteiger partial charge in [-0.25, -0.2) is 0 Å². The molecule has 0 aliphatic heterocycles. The third-order valence-electron chi connectivity index (χ3n) is 4.95. The van der Waals surface area contributed by atoms with E-state index in [2.05, 4.69) is 30.5 Å². The number of benzene rings is 2. The number of para-hydroxylation sites is 1. The zero-order chi connectivity index (χ0) is 17.1. The van der Waals surface area contributed by atoms with Crippen LogP contribution in [0.5, 0.6) is 0 Å². The number of unbranched alkanes of at least 4 members (excludes halogenated alkanes) is 1. The average Bonchev–Trinajstić information content (AvgIpc) is 2.92. The van der Waals surface area contributed by atoms with Crippen LogP contribution in [0.15, 0.2) is 42.5 Å². The molecule has 0 saturated carbocycles. The molecule has 0 fully saturated rings. The number of nitro benzene ring substituents is 1. The fourth-order valence-corrected chi connectivity index (χ4v) is 3.53. The van der Waals surface area contributed by atoms with Crippen molar-refractivity contribution in [2.75, 3.05) is 0 Å². The number of rotatable bonds is 7. The Morgan fingerprint density at radius 2 is 1.83 bits per heavy atom. The van der Waals surface area contributed by atoms with Crippen molar-refractivity contribution in [3.8, 4) is 0 Å². The minimum Gasteiger partial charge on any atom is -0.340 e. The SMILES string of the molecule is CCCCC(CC)Cn1c2ccccc2c2cc([N+](=O)[O-])ccc21. The molecular weight excluding hydrogens is 300 g/mol. The molecule has 3 aromatic rings. The largest absolute Gasteiger partial charge is 0.340 e. The van der Waals surface area contributed by atoms with Gasteiger partial charge in [-0.05, 0) is 24.5 Å². The van der Waals surface area contributed by atoms with Crippen LogP contribution in [-0.4, -0.2) is 9.49 Å². The molecule has 24 heavy (non-hydrogen) atoms. The molecular formula is C20H24N2O2. The van der Waals surface area contributed by atoms with Crippen molar-refractivity contribution in [2.45, 2.75) is 46.1 Å². The Kier molecular flexibility index (Phi) is 4.84. The quantitative estimate of drug-likeness (QED) is 0.400. The van der Waals surface area contributed by atoms with Gasteiger partial charge in [0.1, 0.15) is 0 Å². The van der Waals surface area contributed by atoms with Gasteiger partial charge in [0.25, 0.3) is 5.69 Å². The normalized spacial score (nSPS) is 12.8. The van der Waals surface area contributed by atoms with Gasteiger partial charge in [0.15, 0.2) is 0 Å². The third-order valence-corrected chi connectivity index (χ3v) is 4.95. The van der Waals surface area contributed by atoms with Crippen LogP contribution in [0.1, 0.15) is 39.5 Å². The summed E-state index contributed by atoms with van der Waals surface area (Å²) in [5, 5.41) is 13.2. The topological polar surface area (TPSA) is 48.1 Å². The van der Waals surface area contributed by atoms with Gasteiger partial charge in [-0.3, -0.25) is 10.1 Å². The molecule has 1 aromatic heterocycles. The molecule has 1 unspecified atom stereocenters. The molecule has 1 heterocycles. The van der Waals surface area contributed by atoms with Crippen LogP contribution in [0.2, 0.25) is 0 Å². The summed E-state index contributed by atoms with van der Waals surface area (Å²) in [4.78, 5) is 10.8. The first-order valence-electron chi connectivity index (χ1n) is 8.81. The van der Waals surface area contributed by atoms with Gasteiger partial charge < -0.3 is 4.57 Å².